The van der Waals surface area contributed by atoms with Gasteiger partial charge in [0.25, 0.3) is 0 Å². The minimum atomic E-state index is 0.190. The van der Waals surface area contributed by atoms with Crippen LogP contribution in [0.15, 0.2) is 0 Å². The van der Waals surface area contributed by atoms with Gasteiger partial charge < -0.3 is 10.6 Å². The third-order valence-electron chi connectivity index (χ3n) is 4.85. The molecule has 0 aromatic rings. The van der Waals surface area contributed by atoms with Crippen LogP contribution in [0, 0.1) is 11.8 Å². The lowest BCUT2D eigenvalue weighted by atomic mass is 9.75. The number of amides is 1. The summed E-state index contributed by atoms with van der Waals surface area (Å²) in [5, 5.41) is 0. The van der Waals surface area contributed by atoms with Gasteiger partial charge in [-0.15, -0.1) is 0 Å². The third kappa shape index (κ3) is 4.42. The molecular weight excluding hydrogens is 270 g/mol. The monoisotopic (exact) mass is 297 g/mol. The fraction of sp³-hybridized carbons (Fsp3) is 0.867. The van der Waals surface area contributed by atoms with Gasteiger partial charge in [-0.3, -0.25) is 9.69 Å². The Kier molecular flexibility index (Phi) is 5.78. The van der Waals surface area contributed by atoms with E-state index in [4.69, 9.17) is 18.0 Å². The van der Waals surface area contributed by atoms with E-state index in [2.05, 4.69) is 4.90 Å². The maximum absolute atomic E-state index is 12.2. The van der Waals surface area contributed by atoms with Crippen LogP contribution in [0.3, 0.4) is 0 Å². The maximum atomic E-state index is 12.2. The number of likely N-dealkylation sites (tertiary alicyclic amines) is 1. The van der Waals surface area contributed by atoms with E-state index in [1.807, 2.05) is 7.05 Å². The van der Waals surface area contributed by atoms with Crippen LogP contribution < -0.4 is 5.73 Å². The molecule has 1 amide bonds. The van der Waals surface area contributed by atoms with Gasteiger partial charge in [-0.05, 0) is 31.2 Å². The number of carbonyl (C=O) groups is 1. The Morgan fingerprint density at radius 2 is 2.00 bits per heavy atom. The minimum Gasteiger partial charge on any atom is -0.393 e. The summed E-state index contributed by atoms with van der Waals surface area (Å²) in [5.74, 6) is 1.94. The summed E-state index contributed by atoms with van der Waals surface area (Å²) >= 11 is 4.86. The quantitative estimate of drug-likeness (QED) is 0.784. The fourth-order valence-electron chi connectivity index (χ4n) is 3.53. The predicted molar refractivity (Wildman–Crippen MR) is 85.5 cm³/mol. The minimum absolute atomic E-state index is 0.190. The molecule has 1 heterocycles. The molecule has 1 saturated carbocycles. The van der Waals surface area contributed by atoms with E-state index in [0.29, 0.717) is 24.5 Å². The lowest BCUT2D eigenvalue weighted by Crippen LogP contribution is -2.46. The highest BCUT2D eigenvalue weighted by atomic mass is 32.1. The van der Waals surface area contributed by atoms with Crippen molar-refractivity contribution in [2.45, 2.75) is 38.5 Å². The molecule has 4 nitrogen and oxygen atoms in total. The number of hydrogen-bond acceptors (Lipinski definition) is 3. The van der Waals surface area contributed by atoms with Crippen molar-refractivity contribution < 1.29 is 4.79 Å². The Bertz CT molecular complexity index is 361. The average molecular weight is 297 g/mol. The molecule has 0 spiro atoms. The van der Waals surface area contributed by atoms with Gasteiger partial charge in [0.15, 0.2) is 0 Å². The Labute approximate surface area is 127 Å². The molecule has 2 unspecified atom stereocenters. The number of nitrogens with zero attached hydrogens (tertiary/aromatic N) is 2. The number of nitrogens with two attached hydrogens (primary N) is 1. The molecule has 0 aromatic carbocycles. The van der Waals surface area contributed by atoms with Crippen LogP contribution in [0.2, 0.25) is 0 Å². The molecule has 0 bridgehead atoms. The number of carbonyl (C=O) groups excluding carboxylic acids is 1. The number of rotatable bonds is 5. The summed E-state index contributed by atoms with van der Waals surface area (Å²) < 4.78 is 0. The van der Waals surface area contributed by atoms with E-state index in [1.54, 1.807) is 4.90 Å². The smallest absolute Gasteiger partial charge is 0.236 e. The van der Waals surface area contributed by atoms with Gasteiger partial charge in [0, 0.05) is 26.6 Å². The molecule has 2 rings (SSSR count). The summed E-state index contributed by atoms with van der Waals surface area (Å²) in [4.78, 5) is 16.8. The number of likely N-dealkylation sites (N-methyl/N-ethyl adjacent to an activating group) is 1. The molecule has 2 fully saturated rings. The van der Waals surface area contributed by atoms with Crippen LogP contribution in [-0.2, 0) is 4.79 Å². The van der Waals surface area contributed by atoms with Crippen LogP contribution >= 0.6 is 12.2 Å². The first kappa shape index (κ1) is 15.7. The van der Waals surface area contributed by atoms with Crippen LogP contribution in [0.5, 0.6) is 0 Å². The average Bonchev–Trinajstić information content (AvgIpc) is 2.44. The van der Waals surface area contributed by atoms with Gasteiger partial charge in [-0.2, -0.15) is 0 Å². The second-order valence-electron chi connectivity index (χ2n) is 6.36. The van der Waals surface area contributed by atoms with Crippen molar-refractivity contribution in [3.8, 4) is 0 Å². The van der Waals surface area contributed by atoms with Crippen LogP contribution in [-0.4, -0.2) is 53.9 Å². The first-order valence-corrected chi connectivity index (χ1v) is 8.21. The van der Waals surface area contributed by atoms with Crippen LogP contribution in [0.25, 0.3) is 0 Å². The molecule has 1 aliphatic heterocycles. The Morgan fingerprint density at radius 1 is 1.30 bits per heavy atom. The molecule has 2 N–H and O–H groups in total. The second-order valence-corrected chi connectivity index (χ2v) is 6.88. The largest absolute Gasteiger partial charge is 0.393 e. The third-order valence-corrected chi connectivity index (χ3v) is 5.06. The van der Waals surface area contributed by atoms with E-state index in [0.717, 1.165) is 24.9 Å². The lowest BCUT2D eigenvalue weighted by Gasteiger charge is -2.41. The lowest BCUT2D eigenvalue weighted by molar-refractivity contribution is -0.131. The topological polar surface area (TPSA) is 49.6 Å². The van der Waals surface area contributed by atoms with Crippen molar-refractivity contribution in [2.75, 3.05) is 33.2 Å². The highest BCUT2D eigenvalue weighted by Crippen LogP contribution is 2.35. The zero-order valence-electron chi connectivity index (χ0n) is 12.5. The maximum Gasteiger partial charge on any atom is 0.236 e. The summed E-state index contributed by atoms with van der Waals surface area (Å²) in [5.41, 5.74) is 5.48. The van der Waals surface area contributed by atoms with Crippen molar-refractivity contribution in [3.63, 3.8) is 0 Å². The number of piperidine rings is 1. The number of thiocarbonyl (C=S) groups is 1. The Balaban J connectivity index is 1.75. The van der Waals surface area contributed by atoms with E-state index in [-0.39, 0.29) is 5.91 Å². The van der Waals surface area contributed by atoms with Gasteiger partial charge in [-0.25, -0.2) is 0 Å². The van der Waals surface area contributed by atoms with Gasteiger partial charge >= 0.3 is 0 Å². The molecule has 1 aliphatic carbocycles. The standard InChI is InChI=1S/C15H27N3OS/c1-17(8-7-14(16)20)15(19)11-18-9-6-12-4-2-3-5-13(12)10-18/h12-13H,2-11H2,1H3,(H2,16,20). The summed E-state index contributed by atoms with van der Waals surface area (Å²) in [6.07, 6.45) is 7.42. The predicted octanol–water partition coefficient (Wildman–Crippen LogP) is 1.63. The van der Waals surface area contributed by atoms with Gasteiger partial charge in [0.1, 0.15) is 0 Å². The van der Waals surface area contributed by atoms with E-state index < -0.39 is 0 Å². The van der Waals surface area contributed by atoms with E-state index >= 15 is 0 Å². The molecule has 0 radical (unpaired) electrons. The van der Waals surface area contributed by atoms with Gasteiger partial charge in [0.2, 0.25) is 5.91 Å². The first-order chi connectivity index (χ1) is 9.56. The summed E-state index contributed by atoms with van der Waals surface area (Å²) in [6.45, 7) is 3.38. The Morgan fingerprint density at radius 3 is 2.70 bits per heavy atom. The molecular formula is C15H27N3OS. The zero-order chi connectivity index (χ0) is 14.5. The normalized spacial score (nSPS) is 26.9. The number of fused-ring (bicyclic) bond motifs is 1. The molecule has 20 heavy (non-hydrogen) atoms. The number of hydrogen-bond donors (Lipinski definition) is 1. The van der Waals surface area contributed by atoms with Gasteiger partial charge in [0.05, 0.1) is 11.5 Å². The fourth-order valence-corrected chi connectivity index (χ4v) is 3.63. The van der Waals surface area contributed by atoms with Crippen LogP contribution in [0.1, 0.15) is 38.5 Å². The first-order valence-electron chi connectivity index (χ1n) is 7.81. The highest BCUT2D eigenvalue weighted by molar-refractivity contribution is 7.80. The van der Waals surface area contributed by atoms with E-state index in [9.17, 15) is 4.79 Å². The Hall–Kier alpha value is -0.680. The molecule has 2 atom stereocenters. The second kappa shape index (κ2) is 7.36. The molecule has 114 valence electrons. The van der Waals surface area contributed by atoms with E-state index in [1.165, 1.54) is 32.1 Å². The molecule has 2 aliphatic rings. The van der Waals surface area contributed by atoms with Crippen molar-refractivity contribution in [1.82, 2.24) is 9.80 Å². The summed E-state index contributed by atoms with van der Waals surface area (Å²) in [7, 11) is 1.84. The molecule has 5 heteroatoms. The van der Waals surface area contributed by atoms with Crippen molar-refractivity contribution in [2.24, 2.45) is 17.6 Å². The SMILES string of the molecule is CN(CCC(N)=S)C(=O)CN1CCC2CCCCC2C1. The summed E-state index contributed by atoms with van der Waals surface area (Å²) in [6, 6.07) is 0. The molecule has 0 aromatic heterocycles. The van der Waals surface area contributed by atoms with Crippen LogP contribution in [0.4, 0.5) is 0 Å². The van der Waals surface area contributed by atoms with Crippen molar-refractivity contribution in [1.29, 1.82) is 0 Å². The highest BCUT2D eigenvalue weighted by Gasteiger charge is 2.31. The van der Waals surface area contributed by atoms with Crippen molar-refractivity contribution in [3.05, 3.63) is 0 Å². The molecule has 1 saturated heterocycles. The zero-order valence-corrected chi connectivity index (χ0v) is 13.3. The van der Waals surface area contributed by atoms with Gasteiger partial charge in [-0.1, -0.05) is 31.5 Å². The van der Waals surface area contributed by atoms with Crippen molar-refractivity contribution >= 4 is 23.1 Å².